The van der Waals surface area contributed by atoms with E-state index in [1.165, 1.54) is 23.5 Å². The average molecular weight is 520 g/mol. The number of aryl methyl sites for hydroxylation is 1. The Hall–Kier alpha value is -3.53. The number of thiazole rings is 1. The quantitative estimate of drug-likeness (QED) is 0.261. The number of thiophene rings is 1. The van der Waals surface area contributed by atoms with Crippen LogP contribution in [0, 0.1) is 13.8 Å². The molecule has 0 bridgehead atoms. The van der Waals surface area contributed by atoms with Gasteiger partial charge in [-0.05, 0) is 67.9 Å². The fraction of sp³-hybridized carbons (Fsp3) is 0.0769. The van der Waals surface area contributed by atoms with Gasteiger partial charge in [0.2, 0.25) is 0 Å². The van der Waals surface area contributed by atoms with Crippen LogP contribution in [-0.4, -0.2) is 19.3 Å². The highest BCUT2D eigenvalue weighted by molar-refractivity contribution is 7.92. The normalized spacial score (nSPS) is 11.5. The molecule has 0 fully saturated rings. The van der Waals surface area contributed by atoms with Gasteiger partial charge in [0.1, 0.15) is 10.0 Å². The minimum absolute atomic E-state index is 0.174. The maximum Gasteiger partial charge on any atom is 0.261 e. The van der Waals surface area contributed by atoms with Crippen LogP contribution in [0.4, 0.5) is 10.7 Å². The Morgan fingerprint density at radius 3 is 2.26 bits per heavy atom. The highest BCUT2D eigenvalue weighted by Gasteiger charge is 2.20. The summed E-state index contributed by atoms with van der Waals surface area (Å²) >= 11 is 3.12. The lowest BCUT2D eigenvalue weighted by molar-refractivity contribution is 0.102. The van der Waals surface area contributed by atoms with Crippen LogP contribution in [0.5, 0.6) is 0 Å². The van der Waals surface area contributed by atoms with E-state index in [0.717, 1.165) is 36.2 Å². The number of carbonyl (C=O) groups excluding carboxylic acids is 1. The fourth-order valence-corrected chi connectivity index (χ4v) is 6.91. The summed E-state index contributed by atoms with van der Waals surface area (Å²) in [5.74, 6) is -0.272. The van der Waals surface area contributed by atoms with E-state index in [1.54, 1.807) is 53.8 Å². The Kier molecular flexibility index (Phi) is 6.14. The maximum absolute atomic E-state index is 13.0. The third-order valence-corrected chi connectivity index (χ3v) is 9.15. The molecule has 3 aromatic carbocycles. The number of benzene rings is 3. The average Bonchev–Trinajstić information content (AvgIpc) is 3.39. The molecule has 0 aliphatic carbocycles. The van der Waals surface area contributed by atoms with Gasteiger partial charge in [0, 0.05) is 21.7 Å². The van der Waals surface area contributed by atoms with Gasteiger partial charge < -0.3 is 5.32 Å². The first-order valence-corrected chi connectivity index (χ1v) is 13.9. The monoisotopic (exact) mass is 519 g/mol. The predicted molar refractivity (Wildman–Crippen MR) is 144 cm³/mol. The number of anilines is 2. The molecule has 35 heavy (non-hydrogen) atoms. The lowest BCUT2D eigenvalue weighted by Gasteiger charge is -2.09. The second kappa shape index (κ2) is 9.26. The summed E-state index contributed by atoms with van der Waals surface area (Å²) in [6.07, 6.45) is 0. The molecule has 0 radical (unpaired) electrons. The van der Waals surface area contributed by atoms with Crippen molar-refractivity contribution < 1.29 is 13.2 Å². The summed E-state index contributed by atoms with van der Waals surface area (Å²) in [7, 11) is -3.70. The summed E-state index contributed by atoms with van der Waals surface area (Å²) in [6.45, 7) is 4.07. The number of nitrogens with zero attached hydrogens (tertiary/aromatic N) is 1. The first-order valence-electron chi connectivity index (χ1n) is 10.8. The van der Waals surface area contributed by atoms with Gasteiger partial charge in [-0.15, -0.1) is 22.7 Å². The van der Waals surface area contributed by atoms with E-state index in [1.807, 2.05) is 38.1 Å². The molecular formula is C26H21N3O3S3. The summed E-state index contributed by atoms with van der Waals surface area (Å²) in [4.78, 5) is 19.1. The van der Waals surface area contributed by atoms with Crippen molar-refractivity contribution in [3.63, 3.8) is 0 Å². The van der Waals surface area contributed by atoms with Gasteiger partial charge in [0.25, 0.3) is 15.9 Å². The molecule has 0 spiro atoms. The number of rotatable bonds is 6. The molecule has 176 valence electrons. The van der Waals surface area contributed by atoms with Crippen molar-refractivity contribution in [2.45, 2.75) is 18.7 Å². The molecular weight excluding hydrogens is 499 g/mol. The molecule has 1 amide bonds. The molecule has 0 saturated heterocycles. The number of sulfonamides is 1. The summed E-state index contributed by atoms with van der Waals surface area (Å²) < 4.78 is 28.7. The summed E-state index contributed by atoms with van der Waals surface area (Å²) in [5.41, 5.74) is 3.76. The van der Waals surface area contributed by atoms with Crippen LogP contribution in [-0.2, 0) is 10.0 Å². The van der Waals surface area contributed by atoms with Gasteiger partial charge >= 0.3 is 0 Å². The number of hydrogen-bond donors (Lipinski definition) is 2. The zero-order valence-electron chi connectivity index (χ0n) is 18.9. The zero-order valence-corrected chi connectivity index (χ0v) is 21.4. The van der Waals surface area contributed by atoms with Crippen molar-refractivity contribution in [2.24, 2.45) is 0 Å². The number of hydrogen-bond acceptors (Lipinski definition) is 6. The van der Waals surface area contributed by atoms with Crippen LogP contribution >= 0.6 is 22.7 Å². The molecule has 0 aliphatic heterocycles. The number of para-hydroxylation sites is 1. The zero-order chi connectivity index (χ0) is 24.6. The fourth-order valence-electron chi connectivity index (χ4n) is 3.63. The van der Waals surface area contributed by atoms with E-state index in [9.17, 15) is 13.2 Å². The molecule has 2 aromatic heterocycles. The van der Waals surface area contributed by atoms with Crippen LogP contribution in [0.1, 0.15) is 20.8 Å². The van der Waals surface area contributed by atoms with E-state index in [2.05, 4.69) is 10.0 Å². The minimum Gasteiger partial charge on any atom is -0.313 e. The predicted octanol–water partition coefficient (Wildman–Crippen LogP) is 6.69. The van der Waals surface area contributed by atoms with Crippen molar-refractivity contribution >= 4 is 59.5 Å². The lowest BCUT2D eigenvalue weighted by atomic mass is 10.1. The van der Waals surface area contributed by atoms with Gasteiger partial charge in [-0.25, -0.2) is 13.4 Å². The lowest BCUT2D eigenvalue weighted by Crippen LogP contribution is -2.14. The first kappa shape index (κ1) is 23.2. The van der Waals surface area contributed by atoms with Gasteiger partial charge in [0.05, 0.1) is 15.1 Å². The molecule has 2 N–H and O–H groups in total. The van der Waals surface area contributed by atoms with E-state index in [4.69, 9.17) is 4.98 Å². The molecule has 6 nitrogen and oxygen atoms in total. The van der Waals surface area contributed by atoms with E-state index < -0.39 is 10.0 Å². The topological polar surface area (TPSA) is 88.2 Å². The van der Waals surface area contributed by atoms with Crippen molar-refractivity contribution in [1.29, 1.82) is 0 Å². The molecule has 0 aliphatic rings. The highest BCUT2D eigenvalue weighted by atomic mass is 32.2. The van der Waals surface area contributed by atoms with Gasteiger partial charge in [-0.2, -0.15) is 0 Å². The second-order valence-corrected chi connectivity index (χ2v) is 11.9. The molecule has 5 rings (SSSR count). The third kappa shape index (κ3) is 4.70. The molecule has 2 heterocycles. The first-order chi connectivity index (χ1) is 16.8. The number of nitrogens with one attached hydrogen (secondary N) is 2. The van der Waals surface area contributed by atoms with Crippen molar-refractivity contribution in [1.82, 2.24) is 4.98 Å². The number of carbonyl (C=O) groups is 1. The smallest absolute Gasteiger partial charge is 0.261 e. The Morgan fingerprint density at radius 1 is 0.857 bits per heavy atom. The van der Waals surface area contributed by atoms with E-state index in [0.29, 0.717) is 11.3 Å². The van der Waals surface area contributed by atoms with Crippen molar-refractivity contribution in [3.05, 3.63) is 94.9 Å². The van der Waals surface area contributed by atoms with Gasteiger partial charge in [-0.3, -0.25) is 9.52 Å². The van der Waals surface area contributed by atoms with Crippen molar-refractivity contribution in [3.8, 4) is 10.6 Å². The molecule has 9 heteroatoms. The highest BCUT2D eigenvalue weighted by Crippen LogP contribution is 2.43. The van der Waals surface area contributed by atoms with Gasteiger partial charge in [0.15, 0.2) is 0 Å². The van der Waals surface area contributed by atoms with Crippen LogP contribution in [0.25, 0.3) is 20.8 Å². The molecule has 0 atom stereocenters. The Bertz CT molecular complexity index is 1610. The third-order valence-electron chi connectivity index (χ3n) is 5.57. The summed E-state index contributed by atoms with van der Waals surface area (Å²) in [5, 5.41) is 4.65. The van der Waals surface area contributed by atoms with Crippen LogP contribution in [0.3, 0.4) is 0 Å². The molecule has 5 aromatic rings. The van der Waals surface area contributed by atoms with E-state index >= 15 is 0 Å². The molecule has 0 saturated carbocycles. The van der Waals surface area contributed by atoms with Crippen molar-refractivity contribution in [2.75, 3.05) is 10.0 Å². The summed E-state index contributed by atoms with van der Waals surface area (Å²) in [6, 6.07) is 22.5. The standard InChI is InChI=1S/C26H21N3O3S3/c1-16-17(2)33-26(23(16)25-27-21-10-6-7-11-22(21)34-25)28-24(30)18-12-14-19(15-13-18)29-35(31,32)20-8-4-3-5-9-20/h3-15,29H,1-2H3,(H,28,30). The number of amides is 1. The SMILES string of the molecule is Cc1sc(NC(=O)c2ccc(NS(=O)(=O)c3ccccc3)cc2)c(-c2nc3ccccc3s2)c1C. The minimum atomic E-state index is -3.70. The van der Waals surface area contributed by atoms with Crippen LogP contribution in [0.15, 0.2) is 83.8 Å². The maximum atomic E-state index is 13.0. The largest absolute Gasteiger partial charge is 0.313 e. The molecule has 0 unspecified atom stereocenters. The Morgan fingerprint density at radius 2 is 1.54 bits per heavy atom. The number of fused-ring (bicyclic) bond motifs is 1. The van der Waals surface area contributed by atoms with Crippen LogP contribution in [0.2, 0.25) is 0 Å². The second-order valence-electron chi connectivity index (χ2n) is 7.92. The number of aromatic nitrogens is 1. The Labute approximate surface area is 211 Å². The van der Waals surface area contributed by atoms with Crippen LogP contribution < -0.4 is 10.0 Å². The van der Waals surface area contributed by atoms with Gasteiger partial charge in [-0.1, -0.05) is 30.3 Å². The van der Waals surface area contributed by atoms with E-state index in [-0.39, 0.29) is 10.8 Å². The Balaban J connectivity index is 1.37.